The second-order valence-corrected chi connectivity index (χ2v) is 8.11. The number of hydrogen-bond donors (Lipinski definition) is 2. The smallest absolute Gasteiger partial charge is 0.491 e. The first-order valence-corrected chi connectivity index (χ1v) is 10.9. The molecule has 2 N–H and O–H groups in total. The molecule has 9 heteroatoms. The molecule has 0 saturated carbocycles. The van der Waals surface area contributed by atoms with Crippen molar-refractivity contribution in [1.29, 1.82) is 0 Å². The number of ether oxygens (including phenoxy) is 3. The number of esters is 1. The van der Waals surface area contributed by atoms with E-state index in [9.17, 15) is 18.0 Å². The van der Waals surface area contributed by atoms with Crippen LogP contribution >= 0.6 is 0 Å². The summed E-state index contributed by atoms with van der Waals surface area (Å²) < 4.78 is 56.0. The summed E-state index contributed by atoms with van der Waals surface area (Å²) in [6.07, 6.45) is -5.34. The van der Waals surface area contributed by atoms with Gasteiger partial charge in [-0.3, -0.25) is 10.6 Å². The van der Waals surface area contributed by atoms with Gasteiger partial charge in [-0.15, -0.1) is 0 Å². The molecule has 1 saturated heterocycles. The Kier molecular flexibility index (Phi) is 7.00. The van der Waals surface area contributed by atoms with E-state index in [1.165, 1.54) is 14.2 Å². The topological polar surface area (TPSA) is 68.8 Å². The third-order valence-corrected chi connectivity index (χ3v) is 5.85. The highest BCUT2D eigenvalue weighted by Crippen LogP contribution is 2.41. The van der Waals surface area contributed by atoms with E-state index in [1.54, 1.807) is 18.2 Å². The number of rotatable bonds is 7. The molecule has 1 aliphatic heterocycles. The van der Waals surface area contributed by atoms with Gasteiger partial charge in [0.05, 0.1) is 26.3 Å². The first-order chi connectivity index (χ1) is 16.8. The van der Waals surface area contributed by atoms with Gasteiger partial charge >= 0.3 is 12.1 Å². The highest BCUT2D eigenvalue weighted by molar-refractivity contribution is 5.76. The molecule has 0 amide bonds. The number of nitrogens with one attached hydrogen (secondary N) is 2. The van der Waals surface area contributed by atoms with Crippen LogP contribution in [-0.2, 0) is 16.0 Å². The van der Waals surface area contributed by atoms with E-state index < -0.39 is 30.1 Å². The van der Waals surface area contributed by atoms with Gasteiger partial charge in [0.15, 0.2) is 11.5 Å². The number of benzene rings is 3. The van der Waals surface area contributed by atoms with Gasteiger partial charge in [0.1, 0.15) is 0 Å². The number of hydrogen-bond acceptors (Lipinski definition) is 6. The molecule has 3 aromatic rings. The van der Waals surface area contributed by atoms with Gasteiger partial charge in [-0.05, 0) is 17.2 Å². The van der Waals surface area contributed by atoms with Gasteiger partial charge in [-0.2, -0.15) is 13.2 Å². The maximum Gasteiger partial charge on any atom is 0.491 e. The molecule has 1 heterocycles. The van der Waals surface area contributed by atoms with Gasteiger partial charge in [-0.25, -0.2) is 4.79 Å². The zero-order valence-electron chi connectivity index (χ0n) is 19.1. The predicted molar refractivity (Wildman–Crippen MR) is 123 cm³/mol. The van der Waals surface area contributed by atoms with Crippen molar-refractivity contribution in [3.8, 4) is 11.5 Å². The number of halogens is 3. The molecule has 3 aromatic carbocycles. The average Bonchev–Trinajstić information content (AvgIpc) is 3.23. The minimum Gasteiger partial charge on any atom is -0.493 e. The van der Waals surface area contributed by atoms with Crippen LogP contribution < -0.4 is 20.1 Å². The molecule has 4 rings (SSSR count). The number of carbonyl (C=O) groups excluding carboxylic acids is 1. The number of carbonyl (C=O) groups is 1. The molecule has 0 aliphatic carbocycles. The maximum atomic E-state index is 13.3. The van der Waals surface area contributed by atoms with E-state index in [4.69, 9.17) is 14.2 Å². The third-order valence-electron chi connectivity index (χ3n) is 5.85. The summed E-state index contributed by atoms with van der Waals surface area (Å²) >= 11 is 0. The van der Waals surface area contributed by atoms with E-state index in [-0.39, 0.29) is 6.42 Å². The number of alkyl halides is 3. The minimum absolute atomic E-state index is 0.165. The van der Waals surface area contributed by atoms with Crippen molar-refractivity contribution in [2.45, 2.75) is 30.5 Å². The van der Waals surface area contributed by atoms with Gasteiger partial charge in [0, 0.05) is 12.0 Å². The van der Waals surface area contributed by atoms with Crippen molar-refractivity contribution >= 4 is 5.97 Å². The highest BCUT2D eigenvalue weighted by Gasteiger charge is 2.53. The van der Waals surface area contributed by atoms with Crippen LogP contribution in [0, 0.1) is 0 Å². The predicted octanol–water partition coefficient (Wildman–Crippen LogP) is 4.68. The van der Waals surface area contributed by atoms with Crippen LogP contribution in [0.4, 0.5) is 13.2 Å². The van der Waals surface area contributed by atoms with Crippen molar-refractivity contribution in [2.24, 2.45) is 0 Å². The Labute approximate surface area is 201 Å². The third kappa shape index (κ3) is 5.26. The summed E-state index contributed by atoms with van der Waals surface area (Å²) in [4.78, 5) is 12.1. The van der Waals surface area contributed by atoms with E-state index >= 15 is 0 Å². The van der Waals surface area contributed by atoms with Gasteiger partial charge < -0.3 is 14.2 Å². The molecule has 0 radical (unpaired) electrons. The normalized spacial score (nSPS) is 22.0. The lowest BCUT2D eigenvalue weighted by Crippen LogP contribution is -2.56. The molecule has 0 spiro atoms. The Morgan fingerprint density at radius 2 is 1.37 bits per heavy atom. The molecule has 0 aromatic heterocycles. The Morgan fingerprint density at radius 3 is 1.83 bits per heavy atom. The fourth-order valence-electron chi connectivity index (χ4n) is 4.36. The zero-order chi connectivity index (χ0) is 25.1. The van der Waals surface area contributed by atoms with E-state index in [1.807, 2.05) is 60.7 Å². The molecule has 184 valence electrons. The Morgan fingerprint density at radius 1 is 0.829 bits per heavy atom. The van der Waals surface area contributed by atoms with Crippen molar-refractivity contribution in [1.82, 2.24) is 10.6 Å². The van der Waals surface area contributed by atoms with Gasteiger partial charge in [-0.1, -0.05) is 72.8 Å². The van der Waals surface area contributed by atoms with Crippen LogP contribution in [0.3, 0.4) is 0 Å². The standard InChI is InChI=1S/C26H25F3N2O4/c1-33-20-15-9-14-19(23(20)34-2)16-25(35-24(32)26(27,28)29)30-21(17-10-5-3-6-11-17)22(31-25)18-12-7-4-8-13-18/h3-15,21-22,30-31H,16H2,1-2H3. The summed E-state index contributed by atoms with van der Waals surface area (Å²) in [5, 5.41) is 6.32. The van der Waals surface area contributed by atoms with Crippen LogP contribution in [0.2, 0.25) is 0 Å². The molecular formula is C26H25F3N2O4. The van der Waals surface area contributed by atoms with E-state index in [0.717, 1.165) is 11.1 Å². The molecule has 6 nitrogen and oxygen atoms in total. The van der Waals surface area contributed by atoms with Crippen molar-refractivity contribution in [3.05, 3.63) is 95.6 Å². The van der Waals surface area contributed by atoms with Gasteiger partial charge in [0.25, 0.3) is 0 Å². The Hall–Kier alpha value is -3.56. The van der Waals surface area contributed by atoms with E-state index in [0.29, 0.717) is 17.1 Å². The minimum atomic E-state index is -5.18. The largest absolute Gasteiger partial charge is 0.493 e. The van der Waals surface area contributed by atoms with E-state index in [2.05, 4.69) is 10.6 Å². The summed E-state index contributed by atoms with van der Waals surface area (Å²) in [6.45, 7) is 0. The summed E-state index contributed by atoms with van der Waals surface area (Å²) in [6, 6.07) is 22.5. The average molecular weight is 486 g/mol. The zero-order valence-corrected chi connectivity index (χ0v) is 19.1. The van der Waals surface area contributed by atoms with Crippen LogP contribution in [0.5, 0.6) is 11.5 Å². The number of para-hydroxylation sites is 1. The number of methoxy groups -OCH3 is 2. The molecular weight excluding hydrogens is 461 g/mol. The Bertz CT molecular complexity index is 1110. The lowest BCUT2D eigenvalue weighted by molar-refractivity contribution is -0.218. The quantitative estimate of drug-likeness (QED) is 0.473. The van der Waals surface area contributed by atoms with Crippen LogP contribution in [0.1, 0.15) is 28.8 Å². The highest BCUT2D eigenvalue weighted by atomic mass is 19.4. The fourth-order valence-corrected chi connectivity index (χ4v) is 4.36. The van der Waals surface area contributed by atoms with Crippen molar-refractivity contribution < 1.29 is 32.2 Å². The van der Waals surface area contributed by atoms with Gasteiger partial charge in [0.2, 0.25) is 5.85 Å². The second-order valence-electron chi connectivity index (χ2n) is 8.11. The van der Waals surface area contributed by atoms with Crippen molar-refractivity contribution in [3.63, 3.8) is 0 Å². The molecule has 1 aliphatic rings. The lowest BCUT2D eigenvalue weighted by atomic mass is 9.95. The molecule has 35 heavy (non-hydrogen) atoms. The molecule has 0 bridgehead atoms. The summed E-state index contributed by atoms with van der Waals surface area (Å²) in [5.74, 6) is -3.47. The fraction of sp³-hybridized carbons (Fsp3) is 0.269. The van der Waals surface area contributed by atoms with Crippen LogP contribution in [0.25, 0.3) is 0 Å². The Balaban J connectivity index is 1.81. The first kappa shape index (κ1) is 24.6. The first-order valence-electron chi connectivity index (χ1n) is 10.9. The molecule has 2 unspecified atom stereocenters. The SMILES string of the molecule is COc1cccc(CC2(OC(=O)C(F)(F)F)NC(c3ccccc3)C(c3ccccc3)N2)c1OC. The summed E-state index contributed by atoms with van der Waals surface area (Å²) in [7, 11) is 2.90. The van der Waals surface area contributed by atoms with Crippen molar-refractivity contribution in [2.75, 3.05) is 14.2 Å². The molecule has 1 fully saturated rings. The maximum absolute atomic E-state index is 13.3. The summed E-state index contributed by atoms with van der Waals surface area (Å²) in [5.41, 5.74) is 2.12. The monoisotopic (exact) mass is 486 g/mol. The lowest BCUT2D eigenvalue weighted by Gasteiger charge is -2.31. The van der Waals surface area contributed by atoms with Crippen LogP contribution in [-0.4, -0.2) is 32.2 Å². The van der Waals surface area contributed by atoms with Crippen LogP contribution in [0.15, 0.2) is 78.9 Å². The second kappa shape index (κ2) is 9.97. The molecule has 2 atom stereocenters.